The molecule has 1 aliphatic rings. The van der Waals surface area contributed by atoms with Crippen LogP contribution in [-0.2, 0) is 13.0 Å². The van der Waals surface area contributed by atoms with E-state index >= 15 is 0 Å². The van der Waals surface area contributed by atoms with E-state index in [-0.39, 0.29) is 17.4 Å². The van der Waals surface area contributed by atoms with Gasteiger partial charge in [0.05, 0.1) is 18.7 Å². The zero-order valence-electron chi connectivity index (χ0n) is 11.7. The summed E-state index contributed by atoms with van der Waals surface area (Å²) in [5, 5.41) is 3.22. The number of methoxy groups -OCH3 is 1. The van der Waals surface area contributed by atoms with E-state index in [9.17, 15) is 9.18 Å². The first kappa shape index (κ1) is 13.8. The van der Waals surface area contributed by atoms with E-state index in [2.05, 4.69) is 5.32 Å². The summed E-state index contributed by atoms with van der Waals surface area (Å²) >= 11 is 0. The fraction of sp³-hybridized carbons (Fsp3) is 0.235. The minimum absolute atomic E-state index is 0.138. The zero-order valence-corrected chi connectivity index (χ0v) is 11.7. The van der Waals surface area contributed by atoms with Gasteiger partial charge in [0.25, 0.3) is 0 Å². The van der Waals surface area contributed by atoms with E-state index in [0.29, 0.717) is 18.7 Å². The number of hydrogen-bond acceptors (Lipinski definition) is 3. The van der Waals surface area contributed by atoms with Gasteiger partial charge in [-0.05, 0) is 35.7 Å². The summed E-state index contributed by atoms with van der Waals surface area (Å²) in [6, 6.07) is 11.7. The summed E-state index contributed by atoms with van der Waals surface area (Å²) in [5.41, 5.74) is 2.65. The number of hydrogen-bond donors (Lipinski definition) is 1. The molecule has 1 heterocycles. The Morgan fingerprint density at radius 1 is 1.24 bits per heavy atom. The van der Waals surface area contributed by atoms with Crippen LogP contribution in [0.1, 0.15) is 21.5 Å². The monoisotopic (exact) mass is 285 g/mol. The normalized spacial score (nSPS) is 17.1. The first-order valence-corrected chi connectivity index (χ1v) is 6.87. The lowest BCUT2D eigenvalue weighted by Gasteiger charge is -2.25. The number of Topliss-reactive ketones (excluding diaryl/α,β-unsaturated/α-hetero) is 1. The molecule has 0 aromatic heterocycles. The summed E-state index contributed by atoms with van der Waals surface area (Å²) in [6.45, 7) is 0.643. The fourth-order valence-corrected chi connectivity index (χ4v) is 2.70. The van der Waals surface area contributed by atoms with Crippen LogP contribution in [0.2, 0.25) is 0 Å². The number of benzene rings is 2. The molecule has 21 heavy (non-hydrogen) atoms. The minimum Gasteiger partial charge on any atom is -0.496 e. The van der Waals surface area contributed by atoms with Crippen molar-refractivity contribution >= 4 is 5.78 Å². The van der Waals surface area contributed by atoms with Crippen molar-refractivity contribution in [2.24, 2.45) is 0 Å². The molecular weight excluding hydrogens is 269 g/mol. The third-order valence-corrected chi connectivity index (χ3v) is 3.82. The summed E-state index contributed by atoms with van der Waals surface area (Å²) in [4.78, 5) is 12.6. The number of carbonyl (C=O) groups excluding carboxylic acids is 1. The predicted octanol–water partition coefficient (Wildman–Crippen LogP) is 2.73. The molecule has 3 nitrogen and oxygen atoms in total. The van der Waals surface area contributed by atoms with Crippen molar-refractivity contribution in [3.8, 4) is 5.75 Å². The Hall–Kier alpha value is -2.20. The van der Waals surface area contributed by atoms with Crippen LogP contribution in [-0.4, -0.2) is 18.9 Å². The van der Waals surface area contributed by atoms with Crippen LogP contribution in [0.15, 0.2) is 42.5 Å². The molecule has 4 heteroatoms. The van der Waals surface area contributed by atoms with Crippen molar-refractivity contribution in [3.05, 3.63) is 65.0 Å². The average molecular weight is 285 g/mol. The smallest absolute Gasteiger partial charge is 0.183 e. The van der Waals surface area contributed by atoms with Crippen molar-refractivity contribution in [3.63, 3.8) is 0 Å². The molecule has 0 aliphatic carbocycles. The summed E-state index contributed by atoms with van der Waals surface area (Å²) in [5.74, 6) is -0.168. The Balaban J connectivity index is 1.89. The number of ketones is 1. The Morgan fingerprint density at radius 2 is 2.00 bits per heavy atom. The predicted molar refractivity (Wildman–Crippen MR) is 78.1 cm³/mol. The van der Waals surface area contributed by atoms with Crippen molar-refractivity contribution < 1.29 is 13.9 Å². The third-order valence-electron chi connectivity index (χ3n) is 3.82. The van der Waals surface area contributed by atoms with E-state index in [0.717, 1.165) is 5.56 Å². The van der Waals surface area contributed by atoms with Crippen molar-refractivity contribution in [2.75, 3.05) is 7.11 Å². The first-order chi connectivity index (χ1) is 10.2. The standard InChI is InChI=1S/C17H16FNO2/c1-21-16-7-6-13(18)9-14(16)17(20)15-8-11-4-2-3-5-12(11)10-19-15/h2-7,9,15,19H,8,10H2,1H3. The van der Waals surface area contributed by atoms with E-state index in [1.807, 2.05) is 24.3 Å². The van der Waals surface area contributed by atoms with E-state index in [4.69, 9.17) is 4.74 Å². The topological polar surface area (TPSA) is 38.3 Å². The number of ether oxygens (including phenoxy) is 1. The molecule has 0 fully saturated rings. The van der Waals surface area contributed by atoms with Crippen LogP contribution in [0.4, 0.5) is 4.39 Å². The number of fused-ring (bicyclic) bond motifs is 1. The average Bonchev–Trinajstić information content (AvgIpc) is 2.53. The molecule has 0 saturated carbocycles. The van der Waals surface area contributed by atoms with Gasteiger partial charge in [0.2, 0.25) is 0 Å². The molecule has 2 aromatic rings. The highest BCUT2D eigenvalue weighted by molar-refractivity contribution is 6.02. The largest absolute Gasteiger partial charge is 0.496 e. The Bertz CT molecular complexity index is 684. The Kier molecular flexibility index (Phi) is 3.71. The number of rotatable bonds is 3. The minimum atomic E-state index is -0.435. The highest BCUT2D eigenvalue weighted by Crippen LogP contribution is 2.24. The van der Waals surface area contributed by atoms with Gasteiger partial charge in [-0.2, -0.15) is 0 Å². The second kappa shape index (κ2) is 5.66. The molecule has 1 aliphatic heterocycles. The Labute approximate surface area is 122 Å². The quantitative estimate of drug-likeness (QED) is 0.881. The lowest BCUT2D eigenvalue weighted by molar-refractivity contribution is 0.0934. The maximum absolute atomic E-state index is 13.4. The van der Waals surface area contributed by atoms with Crippen LogP contribution in [0, 0.1) is 5.82 Å². The number of carbonyl (C=O) groups is 1. The third kappa shape index (κ3) is 2.67. The van der Waals surface area contributed by atoms with Crippen LogP contribution in [0.3, 0.4) is 0 Å². The lowest BCUT2D eigenvalue weighted by Crippen LogP contribution is -2.41. The molecule has 0 amide bonds. The number of nitrogens with one attached hydrogen (secondary N) is 1. The summed E-state index contributed by atoms with van der Waals surface area (Å²) in [7, 11) is 1.48. The molecule has 1 atom stereocenters. The van der Waals surface area contributed by atoms with Gasteiger partial charge in [0.15, 0.2) is 5.78 Å². The fourth-order valence-electron chi connectivity index (χ4n) is 2.70. The van der Waals surface area contributed by atoms with Gasteiger partial charge < -0.3 is 10.1 Å². The molecular formula is C17H16FNO2. The lowest BCUT2D eigenvalue weighted by atomic mass is 9.91. The van der Waals surface area contributed by atoms with Gasteiger partial charge in [0.1, 0.15) is 11.6 Å². The van der Waals surface area contributed by atoms with Gasteiger partial charge in [-0.1, -0.05) is 24.3 Å². The molecule has 1 unspecified atom stereocenters. The SMILES string of the molecule is COc1ccc(F)cc1C(=O)C1Cc2ccccc2CN1. The molecule has 0 spiro atoms. The first-order valence-electron chi connectivity index (χ1n) is 6.87. The van der Waals surface area contributed by atoms with Crippen LogP contribution >= 0.6 is 0 Å². The van der Waals surface area contributed by atoms with E-state index in [1.54, 1.807) is 0 Å². The van der Waals surface area contributed by atoms with Gasteiger partial charge >= 0.3 is 0 Å². The van der Waals surface area contributed by atoms with E-state index in [1.165, 1.54) is 30.9 Å². The van der Waals surface area contributed by atoms with Gasteiger partial charge in [-0.15, -0.1) is 0 Å². The van der Waals surface area contributed by atoms with Crippen LogP contribution in [0.5, 0.6) is 5.75 Å². The second-order valence-corrected chi connectivity index (χ2v) is 5.12. The van der Waals surface area contributed by atoms with Crippen molar-refractivity contribution in [1.82, 2.24) is 5.32 Å². The molecule has 108 valence electrons. The van der Waals surface area contributed by atoms with Crippen LogP contribution < -0.4 is 10.1 Å². The molecule has 1 N–H and O–H groups in total. The molecule has 0 saturated heterocycles. The summed E-state index contributed by atoms with van der Waals surface area (Å²) in [6.07, 6.45) is 0.606. The van der Waals surface area contributed by atoms with Gasteiger partial charge in [0, 0.05) is 6.54 Å². The van der Waals surface area contributed by atoms with Gasteiger partial charge in [-0.3, -0.25) is 4.79 Å². The zero-order chi connectivity index (χ0) is 14.8. The second-order valence-electron chi connectivity index (χ2n) is 5.12. The highest BCUT2D eigenvalue weighted by atomic mass is 19.1. The molecule has 2 aromatic carbocycles. The molecule has 0 radical (unpaired) electrons. The highest BCUT2D eigenvalue weighted by Gasteiger charge is 2.27. The maximum atomic E-state index is 13.4. The maximum Gasteiger partial charge on any atom is 0.183 e. The van der Waals surface area contributed by atoms with Gasteiger partial charge in [-0.25, -0.2) is 4.39 Å². The van der Waals surface area contributed by atoms with Crippen molar-refractivity contribution in [2.45, 2.75) is 19.0 Å². The molecule has 3 rings (SSSR count). The van der Waals surface area contributed by atoms with Crippen molar-refractivity contribution in [1.29, 1.82) is 0 Å². The van der Waals surface area contributed by atoms with Crippen LogP contribution in [0.25, 0.3) is 0 Å². The summed E-state index contributed by atoms with van der Waals surface area (Å²) < 4.78 is 18.6. The van der Waals surface area contributed by atoms with E-state index < -0.39 is 5.82 Å². The Morgan fingerprint density at radius 3 is 2.76 bits per heavy atom. The molecule has 0 bridgehead atoms. The number of halogens is 1.